The van der Waals surface area contributed by atoms with Gasteiger partial charge in [-0.05, 0) is 0 Å². The molecule has 0 aliphatic heterocycles. The van der Waals surface area contributed by atoms with Gasteiger partial charge in [-0.2, -0.15) is 0 Å². The van der Waals surface area contributed by atoms with Crippen LogP contribution >= 0.6 is 0 Å². The molecule has 236 valence electrons. The van der Waals surface area contributed by atoms with Gasteiger partial charge in [-0.3, -0.25) is 0 Å². The molecule has 0 bridgehead atoms. The monoisotopic (exact) mass is 680 g/mol. The summed E-state index contributed by atoms with van der Waals surface area (Å²) in [6.45, 7) is 11.9. The Morgan fingerprint density at radius 3 is 1.43 bits per heavy atom. The Morgan fingerprint density at radius 2 is 0.905 bits per heavy atom. The standard InChI is InChI=1S/C29H41.3C4H9.Sn/c1-3-5-7-9-11-17-23-29(24-18-12-10-8-6-4-2)27-21-15-13-19-25(27)26-20-14-16-22-28(26)29;3*1-3-4-2;/h13-15,19-22H,3-12,17-18,23-24H2,1-2H3;3*1,3-4H2,2H3;. The van der Waals surface area contributed by atoms with E-state index in [0.717, 1.165) is 0 Å². The molecule has 2 aromatic carbocycles. The fourth-order valence-corrected chi connectivity index (χ4v) is 24.2. The van der Waals surface area contributed by atoms with Crippen molar-refractivity contribution in [3.63, 3.8) is 0 Å². The molecule has 0 saturated heterocycles. The van der Waals surface area contributed by atoms with Crippen molar-refractivity contribution in [2.45, 2.75) is 182 Å². The summed E-state index contributed by atoms with van der Waals surface area (Å²) < 4.78 is 6.59. The molecule has 1 aliphatic carbocycles. The van der Waals surface area contributed by atoms with Gasteiger partial charge in [0.1, 0.15) is 0 Å². The predicted molar refractivity (Wildman–Crippen MR) is 193 cm³/mol. The molecular formula is C41H68Sn. The van der Waals surface area contributed by atoms with E-state index in [4.69, 9.17) is 0 Å². The summed E-state index contributed by atoms with van der Waals surface area (Å²) in [4.78, 5) is 0. The summed E-state index contributed by atoms with van der Waals surface area (Å²) in [6, 6.07) is 17.8. The molecule has 2 aromatic rings. The van der Waals surface area contributed by atoms with Crippen LogP contribution in [-0.4, -0.2) is 18.4 Å². The normalized spacial score (nSPS) is 13.8. The molecular weight excluding hydrogens is 611 g/mol. The molecule has 0 amide bonds. The minimum absolute atomic E-state index is 0.231. The molecule has 0 aromatic heterocycles. The molecule has 0 N–H and O–H groups in total. The van der Waals surface area contributed by atoms with Gasteiger partial charge in [-0.1, -0.05) is 0 Å². The van der Waals surface area contributed by atoms with Crippen LogP contribution in [0, 0.1) is 0 Å². The average molecular weight is 680 g/mol. The van der Waals surface area contributed by atoms with Crippen LogP contribution in [0.5, 0.6) is 0 Å². The average Bonchev–Trinajstić information content (AvgIpc) is 3.29. The molecule has 1 aliphatic rings. The zero-order valence-electron chi connectivity index (χ0n) is 28.8. The molecule has 0 saturated carbocycles. The maximum atomic E-state index is 2.89. The first-order valence-electron chi connectivity index (χ1n) is 18.9. The Labute approximate surface area is 267 Å². The van der Waals surface area contributed by atoms with Crippen molar-refractivity contribution in [3.05, 3.63) is 53.6 Å². The number of unbranched alkanes of at least 4 members (excludes halogenated alkanes) is 13. The second-order valence-corrected chi connectivity index (χ2v) is 27.3. The van der Waals surface area contributed by atoms with Crippen molar-refractivity contribution in [1.82, 2.24) is 0 Å². The van der Waals surface area contributed by atoms with Gasteiger partial charge in [0.25, 0.3) is 0 Å². The molecule has 0 nitrogen and oxygen atoms in total. The van der Waals surface area contributed by atoms with E-state index in [1.165, 1.54) is 128 Å². The Hall–Kier alpha value is -0.761. The first kappa shape index (κ1) is 35.7. The van der Waals surface area contributed by atoms with Gasteiger partial charge < -0.3 is 0 Å². The molecule has 0 atom stereocenters. The van der Waals surface area contributed by atoms with Crippen molar-refractivity contribution in [1.29, 1.82) is 0 Å². The van der Waals surface area contributed by atoms with Gasteiger partial charge in [-0.25, -0.2) is 0 Å². The van der Waals surface area contributed by atoms with Crippen LogP contribution in [0.3, 0.4) is 0 Å². The minimum atomic E-state index is -2.52. The summed E-state index contributed by atoms with van der Waals surface area (Å²) in [5, 5.41) is 0. The van der Waals surface area contributed by atoms with Crippen LogP contribution in [0.4, 0.5) is 0 Å². The van der Waals surface area contributed by atoms with Gasteiger partial charge in [0, 0.05) is 0 Å². The summed E-state index contributed by atoms with van der Waals surface area (Å²) in [5.74, 6) is 0. The second-order valence-electron chi connectivity index (χ2n) is 14.0. The van der Waals surface area contributed by atoms with E-state index in [1.807, 2.05) is 3.58 Å². The van der Waals surface area contributed by atoms with Crippen LogP contribution in [0.15, 0.2) is 42.5 Å². The van der Waals surface area contributed by atoms with Crippen LogP contribution in [-0.2, 0) is 5.41 Å². The van der Waals surface area contributed by atoms with E-state index in [2.05, 4.69) is 77.1 Å². The third-order valence-corrected chi connectivity index (χ3v) is 26.4. The SMILES string of the molecule is CCCCCCCCC1(CCCCCCCC)c2ccccc2-c2cc[c]([Sn]([CH2]CCC)([CH2]CCC)[CH2]CCC)cc21. The van der Waals surface area contributed by atoms with E-state index >= 15 is 0 Å². The first-order valence-corrected chi connectivity index (χ1v) is 26.4. The van der Waals surface area contributed by atoms with Gasteiger partial charge in [0.2, 0.25) is 0 Å². The van der Waals surface area contributed by atoms with E-state index in [1.54, 1.807) is 35.6 Å². The third-order valence-electron chi connectivity index (χ3n) is 10.8. The quantitative estimate of drug-likeness (QED) is 0.0765. The van der Waals surface area contributed by atoms with Crippen LogP contribution < -0.4 is 3.58 Å². The Bertz CT molecular complexity index is 966. The second kappa shape index (κ2) is 19.6. The van der Waals surface area contributed by atoms with Crippen molar-refractivity contribution < 1.29 is 0 Å². The maximum absolute atomic E-state index is 2.89. The predicted octanol–water partition coefficient (Wildman–Crippen LogP) is 13.5. The number of hydrogen-bond donors (Lipinski definition) is 0. The van der Waals surface area contributed by atoms with E-state index in [0.29, 0.717) is 0 Å². The van der Waals surface area contributed by atoms with Crippen LogP contribution in [0.2, 0.25) is 13.3 Å². The number of rotatable bonds is 24. The molecule has 0 heterocycles. The zero-order valence-corrected chi connectivity index (χ0v) is 31.7. The Balaban J connectivity index is 2.05. The van der Waals surface area contributed by atoms with E-state index in [-0.39, 0.29) is 5.41 Å². The number of hydrogen-bond acceptors (Lipinski definition) is 0. The molecule has 3 rings (SSSR count). The Kier molecular flexibility index (Phi) is 16.7. The summed E-state index contributed by atoms with van der Waals surface area (Å²) in [6.07, 6.45) is 27.8. The van der Waals surface area contributed by atoms with Crippen molar-refractivity contribution in [2.75, 3.05) is 0 Å². The van der Waals surface area contributed by atoms with Gasteiger partial charge in [-0.15, -0.1) is 0 Å². The van der Waals surface area contributed by atoms with Gasteiger partial charge in [0.05, 0.1) is 0 Å². The van der Waals surface area contributed by atoms with Gasteiger partial charge >= 0.3 is 268 Å². The van der Waals surface area contributed by atoms with Gasteiger partial charge in [0.15, 0.2) is 0 Å². The van der Waals surface area contributed by atoms with Crippen LogP contribution in [0.1, 0.15) is 174 Å². The Morgan fingerprint density at radius 1 is 0.452 bits per heavy atom. The fourth-order valence-electron chi connectivity index (χ4n) is 8.22. The fraction of sp³-hybridized carbons (Fsp3) is 0.707. The molecule has 0 spiro atoms. The molecule has 0 fully saturated rings. The summed E-state index contributed by atoms with van der Waals surface area (Å²) in [5.41, 5.74) is 6.82. The van der Waals surface area contributed by atoms with E-state index < -0.39 is 18.4 Å². The number of benzene rings is 2. The first-order chi connectivity index (χ1) is 20.6. The van der Waals surface area contributed by atoms with Crippen LogP contribution in [0.25, 0.3) is 11.1 Å². The van der Waals surface area contributed by atoms with E-state index in [9.17, 15) is 0 Å². The molecule has 0 radical (unpaired) electrons. The van der Waals surface area contributed by atoms with Crippen molar-refractivity contribution in [2.24, 2.45) is 0 Å². The molecule has 0 unspecified atom stereocenters. The third kappa shape index (κ3) is 9.37. The summed E-state index contributed by atoms with van der Waals surface area (Å²) >= 11 is -2.52. The zero-order chi connectivity index (χ0) is 30.1. The van der Waals surface area contributed by atoms with Crippen molar-refractivity contribution in [3.8, 4) is 11.1 Å². The molecule has 1 heteroatoms. The topological polar surface area (TPSA) is 0 Å². The molecule has 42 heavy (non-hydrogen) atoms. The van der Waals surface area contributed by atoms with Crippen molar-refractivity contribution >= 4 is 22.0 Å². The summed E-state index contributed by atoms with van der Waals surface area (Å²) in [7, 11) is 0. The number of fused-ring (bicyclic) bond motifs is 3.